The van der Waals surface area contributed by atoms with Crippen molar-refractivity contribution in [2.45, 2.75) is 65.8 Å². The number of unbranched alkanes of at least 4 members (excludes halogenated alkanes) is 2. The zero-order valence-electron chi connectivity index (χ0n) is 13.8. The molecule has 2 amide bonds. The summed E-state index contributed by atoms with van der Waals surface area (Å²) in [6.45, 7) is 9.49. The van der Waals surface area contributed by atoms with Crippen molar-refractivity contribution < 1.29 is 14.7 Å². The molecule has 0 aromatic rings. The molecule has 2 unspecified atom stereocenters. The van der Waals surface area contributed by atoms with Crippen molar-refractivity contribution in [2.75, 3.05) is 13.1 Å². The normalized spacial score (nSPS) is 22.4. The second-order valence-electron chi connectivity index (χ2n) is 6.95. The Morgan fingerprint density at radius 1 is 1.33 bits per heavy atom. The Balaban J connectivity index is 2.42. The minimum Gasteiger partial charge on any atom is -0.481 e. The van der Waals surface area contributed by atoms with Gasteiger partial charge in [-0.3, -0.25) is 4.79 Å². The fraction of sp³-hybridized carbons (Fsp3) is 0.875. The van der Waals surface area contributed by atoms with Gasteiger partial charge in [-0.2, -0.15) is 0 Å². The molecule has 0 aromatic carbocycles. The number of carboxylic acid groups (broad SMARTS) is 1. The van der Waals surface area contributed by atoms with E-state index in [1.807, 2.05) is 6.92 Å². The highest BCUT2D eigenvalue weighted by Crippen LogP contribution is 2.25. The first-order valence-corrected chi connectivity index (χ1v) is 8.06. The Labute approximate surface area is 128 Å². The predicted octanol–water partition coefficient (Wildman–Crippen LogP) is 3.10. The van der Waals surface area contributed by atoms with Crippen molar-refractivity contribution >= 4 is 12.0 Å². The van der Waals surface area contributed by atoms with Crippen LogP contribution in [0.1, 0.15) is 59.8 Å². The number of hydrogen-bond donors (Lipinski definition) is 2. The summed E-state index contributed by atoms with van der Waals surface area (Å²) in [7, 11) is 0. The first-order chi connectivity index (χ1) is 9.78. The molecule has 1 aliphatic heterocycles. The minimum atomic E-state index is -0.808. The first kappa shape index (κ1) is 17.8. The number of amides is 2. The number of nitrogens with one attached hydrogen (secondary N) is 1. The van der Waals surface area contributed by atoms with Crippen LogP contribution in [0.2, 0.25) is 0 Å². The lowest BCUT2D eigenvalue weighted by Crippen LogP contribution is -2.46. The summed E-state index contributed by atoms with van der Waals surface area (Å²) in [6.07, 6.45) is 5.24. The monoisotopic (exact) mass is 298 g/mol. The van der Waals surface area contributed by atoms with Crippen LogP contribution >= 0.6 is 0 Å². The van der Waals surface area contributed by atoms with Crippen molar-refractivity contribution in [3.63, 3.8) is 0 Å². The van der Waals surface area contributed by atoms with Crippen LogP contribution in [-0.4, -0.2) is 41.1 Å². The highest BCUT2D eigenvalue weighted by Gasteiger charge is 2.38. The summed E-state index contributed by atoms with van der Waals surface area (Å²) in [6, 6.07) is -0.361. The number of carboxylic acids is 1. The van der Waals surface area contributed by atoms with Crippen molar-refractivity contribution in [2.24, 2.45) is 11.3 Å². The molecular weight excluding hydrogens is 268 g/mol. The van der Waals surface area contributed by atoms with Gasteiger partial charge in [-0.05, 0) is 25.2 Å². The van der Waals surface area contributed by atoms with E-state index in [0.717, 1.165) is 6.42 Å². The highest BCUT2D eigenvalue weighted by atomic mass is 16.4. The van der Waals surface area contributed by atoms with Gasteiger partial charge in [0.15, 0.2) is 0 Å². The van der Waals surface area contributed by atoms with Crippen LogP contribution < -0.4 is 5.32 Å². The van der Waals surface area contributed by atoms with Crippen LogP contribution in [-0.2, 0) is 4.79 Å². The highest BCUT2D eigenvalue weighted by molar-refractivity contribution is 5.78. The number of hydrogen-bond acceptors (Lipinski definition) is 2. The Bertz CT molecular complexity index is 369. The maximum atomic E-state index is 12.2. The summed E-state index contributed by atoms with van der Waals surface area (Å²) in [5.41, 5.74) is 0.0833. The molecule has 0 bridgehead atoms. The maximum absolute atomic E-state index is 12.2. The van der Waals surface area contributed by atoms with Gasteiger partial charge in [0.05, 0.1) is 5.92 Å². The molecule has 1 saturated heterocycles. The molecule has 0 aliphatic carbocycles. The smallest absolute Gasteiger partial charge is 0.317 e. The molecule has 0 aromatic heterocycles. The van der Waals surface area contributed by atoms with Crippen LogP contribution in [0.25, 0.3) is 0 Å². The number of urea groups is 1. The molecule has 2 atom stereocenters. The van der Waals surface area contributed by atoms with Crippen molar-refractivity contribution in [3.05, 3.63) is 0 Å². The standard InChI is InChI=1S/C16H30N2O3/c1-5-6-7-9-16(3,4)11-17-15(21)18-10-8-13(12(18)2)14(19)20/h12-13H,5-11H2,1-4H3,(H,17,21)(H,19,20). The fourth-order valence-corrected chi connectivity index (χ4v) is 2.91. The summed E-state index contributed by atoms with van der Waals surface area (Å²) in [5, 5.41) is 12.1. The van der Waals surface area contributed by atoms with Gasteiger partial charge in [0.25, 0.3) is 0 Å². The van der Waals surface area contributed by atoms with Gasteiger partial charge in [0.1, 0.15) is 0 Å². The Morgan fingerprint density at radius 2 is 2.00 bits per heavy atom. The zero-order valence-corrected chi connectivity index (χ0v) is 13.8. The average molecular weight is 298 g/mol. The zero-order chi connectivity index (χ0) is 16.0. The Morgan fingerprint density at radius 3 is 2.52 bits per heavy atom. The molecular formula is C16H30N2O3. The lowest BCUT2D eigenvalue weighted by molar-refractivity contribution is -0.142. The summed E-state index contributed by atoms with van der Waals surface area (Å²) < 4.78 is 0. The lowest BCUT2D eigenvalue weighted by atomic mass is 9.87. The first-order valence-electron chi connectivity index (χ1n) is 8.06. The van der Waals surface area contributed by atoms with Crippen LogP contribution in [0, 0.1) is 11.3 Å². The molecule has 5 nitrogen and oxygen atoms in total. The maximum Gasteiger partial charge on any atom is 0.317 e. The third-order valence-electron chi connectivity index (χ3n) is 4.51. The number of carbonyl (C=O) groups excluding carboxylic acids is 1. The van der Waals surface area contributed by atoms with Gasteiger partial charge < -0.3 is 15.3 Å². The van der Waals surface area contributed by atoms with E-state index in [0.29, 0.717) is 19.5 Å². The largest absolute Gasteiger partial charge is 0.481 e. The topological polar surface area (TPSA) is 69.6 Å². The van der Waals surface area contributed by atoms with Gasteiger partial charge in [-0.1, -0.05) is 40.0 Å². The summed E-state index contributed by atoms with van der Waals surface area (Å²) >= 11 is 0. The number of nitrogens with zero attached hydrogens (tertiary/aromatic N) is 1. The van der Waals surface area contributed by atoms with Crippen LogP contribution in [0.15, 0.2) is 0 Å². The van der Waals surface area contributed by atoms with E-state index in [-0.39, 0.29) is 17.5 Å². The van der Waals surface area contributed by atoms with Gasteiger partial charge in [-0.15, -0.1) is 0 Å². The predicted molar refractivity (Wildman–Crippen MR) is 83.2 cm³/mol. The molecule has 1 aliphatic rings. The van der Waals surface area contributed by atoms with E-state index in [4.69, 9.17) is 5.11 Å². The molecule has 0 saturated carbocycles. The van der Waals surface area contributed by atoms with Crippen LogP contribution in [0.3, 0.4) is 0 Å². The van der Waals surface area contributed by atoms with E-state index in [2.05, 4.69) is 26.1 Å². The molecule has 1 fully saturated rings. The van der Waals surface area contributed by atoms with Crippen LogP contribution in [0.4, 0.5) is 4.79 Å². The molecule has 0 radical (unpaired) electrons. The van der Waals surface area contributed by atoms with Gasteiger partial charge in [0.2, 0.25) is 0 Å². The minimum absolute atomic E-state index is 0.0833. The molecule has 2 N–H and O–H groups in total. The lowest BCUT2D eigenvalue weighted by Gasteiger charge is -2.28. The van der Waals surface area contributed by atoms with E-state index in [9.17, 15) is 9.59 Å². The SMILES string of the molecule is CCCCCC(C)(C)CNC(=O)N1CCC(C(=O)O)C1C. The number of likely N-dealkylation sites (tertiary alicyclic amines) is 1. The third-order valence-corrected chi connectivity index (χ3v) is 4.51. The fourth-order valence-electron chi connectivity index (χ4n) is 2.91. The number of carbonyl (C=O) groups is 2. The summed E-state index contributed by atoms with van der Waals surface area (Å²) in [4.78, 5) is 25.0. The second-order valence-corrected chi connectivity index (χ2v) is 6.95. The molecule has 1 rings (SSSR count). The molecule has 1 heterocycles. The van der Waals surface area contributed by atoms with Gasteiger partial charge in [-0.25, -0.2) is 4.79 Å². The molecule has 21 heavy (non-hydrogen) atoms. The number of rotatable bonds is 7. The van der Waals surface area contributed by atoms with Gasteiger partial charge in [0, 0.05) is 19.1 Å². The molecule has 5 heteroatoms. The van der Waals surface area contributed by atoms with E-state index >= 15 is 0 Å². The second kappa shape index (κ2) is 7.66. The third kappa shape index (κ3) is 5.21. The quantitative estimate of drug-likeness (QED) is 0.710. The Hall–Kier alpha value is -1.26. The Kier molecular flexibility index (Phi) is 6.49. The van der Waals surface area contributed by atoms with Crippen LogP contribution in [0.5, 0.6) is 0 Å². The van der Waals surface area contributed by atoms with E-state index in [1.165, 1.54) is 19.3 Å². The van der Waals surface area contributed by atoms with Crippen molar-refractivity contribution in [1.29, 1.82) is 0 Å². The van der Waals surface area contributed by atoms with E-state index in [1.54, 1.807) is 4.90 Å². The molecule has 122 valence electrons. The summed E-state index contributed by atoms with van der Waals surface area (Å²) in [5.74, 6) is -1.24. The average Bonchev–Trinajstić information content (AvgIpc) is 2.78. The number of aliphatic carboxylic acids is 1. The van der Waals surface area contributed by atoms with Crippen molar-refractivity contribution in [3.8, 4) is 0 Å². The van der Waals surface area contributed by atoms with Gasteiger partial charge >= 0.3 is 12.0 Å². The van der Waals surface area contributed by atoms with E-state index < -0.39 is 11.9 Å². The molecule has 0 spiro atoms. The van der Waals surface area contributed by atoms with Crippen molar-refractivity contribution in [1.82, 2.24) is 10.2 Å².